The van der Waals surface area contributed by atoms with Gasteiger partial charge < -0.3 is 0 Å². The van der Waals surface area contributed by atoms with Gasteiger partial charge in [0.25, 0.3) is 21.4 Å². The van der Waals surface area contributed by atoms with Gasteiger partial charge in [-0.05, 0) is 36.4 Å². The van der Waals surface area contributed by atoms with Gasteiger partial charge in [-0.25, -0.2) is 8.42 Å². The van der Waals surface area contributed by atoms with Crippen molar-refractivity contribution in [1.29, 1.82) is 0 Å². The normalized spacial score (nSPS) is 11.3. The molecule has 0 saturated carbocycles. The number of hydrogen-bond donors (Lipinski definition) is 2. The van der Waals surface area contributed by atoms with E-state index in [2.05, 4.69) is 15.2 Å². The summed E-state index contributed by atoms with van der Waals surface area (Å²) in [4.78, 5) is 20.3. The monoisotopic (exact) mass is 509 g/mol. The molecule has 0 amide bonds. The molecule has 3 aromatic carbocycles. The summed E-state index contributed by atoms with van der Waals surface area (Å²) in [5, 5.41) is 26.4. The zero-order valence-corrected chi connectivity index (χ0v) is 18.6. The van der Waals surface area contributed by atoms with E-state index in [4.69, 9.17) is 23.2 Å². The van der Waals surface area contributed by atoms with Gasteiger partial charge in [0, 0.05) is 34.5 Å². The number of non-ortho nitro benzene ring substituents is 1. The van der Waals surface area contributed by atoms with Crippen molar-refractivity contribution in [2.75, 3.05) is 10.1 Å². The van der Waals surface area contributed by atoms with Gasteiger partial charge in [0.15, 0.2) is 0 Å². The Kier molecular flexibility index (Phi) is 7.11. The summed E-state index contributed by atoms with van der Waals surface area (Å²) in [7, 11) is -4.27. The average molecular weight is 510 g/mol. The smallest absolute Gasteiger partial charge is 0.280 e. The molecule has 0 aliphatic heterocycles. The van der Waals surface area contributed by atoms with E-state index in [0.29, 0.717) is 10.6 Å². The predicted molar refractivity (Wildman–Crippen MR) is 125 cm³/mol. The zero-order valence-electron chi connectivity index (χ0n) is 16.3. The Morgan fingerprint density at radius 3 is 2.24 bits per heavy atom. The second-order valence-electron chi connectivity index (χ2n) is 6.39. The van der Waals surface area contributed by atoms with Gasteiger partial charge in [-0.2, -0.15) is 5.10 Å². The molecule has 3 aromatic rings. The Labute approximate surface area is 197 Å². The molecule has 0 saturated heterocycles. The lowest BCUT2D eigenvalue weighted by Gasteiger charge is -2.12. The first kappa shape index (κ1) is 23.9. The van der Waals surface area contributed by atoms with E-state index in [1.54, 1.807) is 0 Å². The molecule has 11 nitrogen and oxygen atoms in total. The lowest BCUT2D eigenvalue weighted by molar-refractivity contribution is -0.385. The van der Waals surface area contributed by atoms with Crippen LogP contribution in [0.1, 0.15) is 5.56 Å². The SMILES string of the molecule is O=[N+]([O-])c1ccc(N/N=C/c2ccc(Cl)c([N+](=O)[O-])c2)c(S(=O)(=O)Nc2ccc(Cl)cc2)c1. The van der Waals surface area contributed by atoms with Crippen molar-refractivity contribution in [2.45, 2.75) is 4.90 Å². The summed E-state index contributed by atoms with van der Waals surface area (Å²) >= 11 is 11.6. The molecule has 0 aromatic heterocycles. The summed E-state index contributed by atoms with van der Waals surface area (Å²) in [5.41, 5.74) is 2.15. The molecular weight excluding hydrogens is 497 g/mol. The molecule has 0 atom stereocenters. The molecule has 2 N–H and O–H groups in total. The largest absolute Gasteiger partial charge is 0.288 e. The highest BCUT2D eigenvalue weighted by Crippen LogP contribution is 2.29. The second-order valence-corrected chi connectivity index (χ2v) is 8.88. The summed E-state index contributed by atoms with van der Waals surface area (Å²) in [6.07, 6.45) is 1.20. The van der Waals surface area contributed by atoms with Gasteiger partial charge in [0.05, 0.1) is 21.7 Å². The Hall–Kier alpha value is -3.74. The van der Waals surface area contributed by atoms with Gasteiger partial charge in [0.1, 0.15) is 9.92 Å². The summed E-state index contributed by atoms with van der Waals surface area (Å²) in [5.74, 6) is 0. The number of nitro groups is 2. The maximum absolute atomic E-state index is 12.9. The zero-order chi connectivity index (χ0) is 24.2. The summed E-state index contributed by atoms with van der Waals surface area (Å²) < 4.78 is 28.2. The van der Waals surface area contributed by atoms with E-state index >= 15 is 0 Å². The number of rotatable bonds is 8. The van der Waals surface area contributed by atoms with Gasteiger partial charge in [-0.1, -0.05) is 29.3 Å². The molecule has 3 rings (SSSR count). The van der Waals surface area contributed by atoms with Gasteiger partial charge >= 0.3 is 0 Å². The maximum atomic E-state index is 12.9. The van der Waals surface area contributed by atoms with Crippen LogP contribution in [0.15, 0.2) is 70.7 Å². The number of nitro benzene ring substituents is 2. The molecule has 0 aliphatic carbocycles. The highest BCUT2D eigenvalue weighted by molar-refractivity contribution is 7.92. The number of hydrogen-bond acceptors (Lipinski definition) is 8. The van der Waals surface area contributed by atoms with Gasteiger partial charge in [-0.15, -0.1) is 0 Å². The summed E-state index contributed by atoms with van der Waals surface area (Å²) in [6, 6.07) is 12.9. The van der Waals surface area contributed by atoms with Crippen LogP contribution in [-0.2, 0) is 10.0 Å². The third-order valence-electron chi connectivity index (χ3n) is 4.13. The average Bonchev–Trinajstić information content (AvgIpc) is 2.76. The Balaban J connectivity index is 1.93. The molecule has 0 aliphatic rings. The fourth-order valence-electron chi connectivity index (χ4n) is 2.59. The van der Waals surface area contributed by atoms with E-state index in [9.17, 15) is 28.6 Å². The fraction of sp³-hybridized carbons (Fsp3) is 0. The van der Waals surface area contributed by atoms with Crippen LogP contribution in [0.3, 0.4) is 0 Å². The predicted octanol–water partition coefficient (Wildman–Crippen LogP) is 5.06. The second kappa shape index (κ2) is 9.81. The van der Waals surface area contributed by atoms with Crippen LogP contribution in [0, 0.1) is 20.2 Å². The minimum Gasteiger partial charge on any atom is -0.280 e. The molecule has 0 radical (unpaired) electrons. The molecular formula is C19H13Cl2N5O6S. The van der Waals surface area contributed by atoms with Crippen molar-refractivity contribution in [3.8, 4) is 0 Å². The standard InChI is InChI=1S/C19H13Cl2N5O6S/c20-13-2-4-14(5-3-13)24-33(31,32)19-10-15(25(27)28)6-8-17(19)23-22-11-12-1-7-16(21)18(9-12)26(29)30/h1-11,23-24H/b22-11+. The van der Waals surface area contributed by atoms with Crippen LogP contribution in [0.25, 0.3) is 0 Å². The van der Waals surface area contributed by atoms with Crippen molar-refractivity contribution in [1.82, 2.24) is 0 Å². The van der Waals surface area contributed by atoms with E-state index in [-0.39, 0.29) is 22.1 Å². The highest BCUT2D eigenvalue weighted by Gasteiger charge is 2.23. The van der Waals surface area contributed by atoms with Crippen LogP contribution >= 0.6 is 23.2 Å². The first-order chi connectivity index (χ1) is 15.6. The first-order valence-electron chi connectivity index (χ1n) is 8.86. The number of anilines is 2. The lowest BCUT2D eigenvalue weighted by Crippen LogP contribution is -2.15. The van der Waals surface area contributed by atoms with Crippen LogP contribution in [0.4, 0.5) is 22.7 Å². The molecule has 0 unspecified atom stereocenters. The Morgan fingerprint density at radius 1 is 0.909 bits per heavy atom. The quantitative estimate of drug-likeness (QED) is 0.244. The number of halogens is 2. The molecule has 0 bridgehead atoms. The molecule has 0 heterocycles. The number of hydrazone groups is 1. The van der Waals surface area contributed by atoms with Crippen LogP contribution in [0.2, 0.25) is 10.0 Å². The summed E-state index contributed by atoms with van der Waals surface area (Å²) in [6.45, 7) is 0. The van der Waals surface area contributed by atoms with E-state index in [1.807, 2.05) is 0 Å². The lowest BCUT2D eigenvalue weighted by atomic mass is 10.2. The Morgan fingerprint density at radius 2 is 1.61 bits per heavy atom. The molecule has 0 spiro atoms. The van der Waals surface area contributed by atoms with Crippen molar-refractivity contribution < 1.29 is 18.3 Å². The van der Waals surface area contributed by atoms with Crippen LogP contribution < -0.4 is 10.1 Å². The Bertz CT molecular complexity index is 1360. The molecule has 33 heavy (non-hydrogen) atoms. The minimum absolute atomic E-state index is 0.0536. The highest BCUT2D eigenvalue weighted by atomic mass is 35.5. The first-order valence-corrected chi connectivity index (χ1v) is 11.1. The molecule has 170 valence electrons. The topological polar surface area (TPSA) is 157 Å². The fourth-order valence-corrected chi connectivity index (χ4v) is 4.14. The van der Waals surface area contributed by atoms with E-state index in [0.717, 1.165) is 12.1 Å². The number of nitrogens with one attached hydrogen (secondary N) is 2. The van der Waals surface area contributed by atoms with Gasteiger partial charge in [-0.3, -0.25) is 30.4 Å². The van der Waals surface area contributed by atoms with E-state index < -0.39 is 30.5 Å². The molecule has 0 fully saturated rings. The third-order valence-corrected chi connectivity index (χ3v) is 6.12. The molecule has 14 heteroatoms. The van der Waals surface area contributed by atoms with Gasteiger partial charge in [0.2, 0.25) is 0 Å². The number of nitrogens with zero attached hydrogens (tertiary/aromatic N) is 3. The maximum Gasteiger partial charge on any atom is 0.288 e. The van der Waals surface area contributed by atoms with E-state index in [1.165, 1.54) is 54.7 Å². The van der Waals surface area contributed by atoms with Crippen molar-refractivity contribution in [3.63, 3.8) is 0 Å². The number of benzene rings is 3. The van der Waals surface area contributed by atoms with Crippen molar-refractivity contribution in [2.24, 2.45) is 5.10 Å². The van der Waals surface area contributed by atoms with Crippen LogP contribution in [-0.4, -0.2) is 24.5 Å². The third kappa shape index (κ3) is 5.94. The minimum atomic E-state index is -4.27. The van der Waals surface area contributed by atoms with Crippen molar-refractivity contribution >= 4 is 62.2 Å². The van der Waals surface area contributed by atoms with Crippen molar-refractivity contribution in [3.05, 3.63) is 96.5 Å². The van der Waals surface area contributed by atoms with Crippen LogP contribution in [0.5, 0.6) is 0 Å². The number of sulfonamides is 1.